The Morgan fingerprint density at radius 2 is 2.08 bits per heavy atom. The van der Waals surface area contributed by atoms with E-state index in [-0.39, 0.29) is 12.3 Å². The summed E-state index contributed by atoms with van der Waals surface area (Å²) in [6.07, 6.45) is 3.45. The first kappa shape index (κ1) is 16.0. The van der Waals surface area contributed by atoms with Crippen molar-refractivity contribution in [3.05, 3.63) is 70.4 Å². The lowest BCUT2D eigenvalue weighted by Crippen LogP contribution is -2.00. The van der Waals surface area contributed by atoms with E-state index in [0.29, 0.717) is 24.1 Å². The largest absolute Gasteiger partial charge is 0.484 e. The summed E-state index contributed by atoms with van der Waals surface area (Å²) in [5.74, 6) is 1.36. The number of oxazole rings is 1. The number of nitrogens with zero attached hydrogens (tertiary/aromatic N) is 3. The van der Waals surface area contributed by atoms with Gasteiger partial charge in [0.1, 0.15) is 11.8 Å². The molecule has 0 aliphatic carbocycles. The van der Waals surface area contributed by atoms with Crippen molar-refractivity contribution in [1.82, 2.24) is 9.97 Å². The van der Waals surface area contributed by atoms with Crippen molar-refractivity contribution in [3.8, 4) is 11.8 Å². The zero-order valence-corrected chi connectivity index (χ0v) is 14.2. The first-order chi connectivity index (χ1) is 11.7. The first-order valence-corrected chi connectivity index (χ1v) is 7.95. The number of rotatable bonds is 6. The summed E-state index contributed by atoms with van der Waals surface area (Å²) in [5.41, 5.74) is 1.18. The van der Waals surface area contributed by atoms with Crippen LogP contribution in [-0.2, 0) is 13.2 Å². The van der Waals surface area contributed by atoms with Crippen LogP contribution in [0, 0.1) is 11.3 Å². The average molecular weight is 385 g/mol. The van der Waals surface area contributed by atoms with Crippen molar-refractivity contribution in [3.63, 3.8) is 0 Å². The van der Waals surface area contributed by atoms with Gasteiger partial charge in [0.2, 0.25) is 17.5 Å². The summed E-state index contributed by atoms with van der Waals surface area (Å²) in [4.78, 5) is 8.17. The molecule has 0 saturated carbocycles. The number of pyridine rings is 1. The van der Waals surface area contributed by atoms with Gasteiger partial charge in [0, 0.05) is 23.4 Å². The minimum Gasteiger partial charge on any atom is -0.484 e. The second-order valence-electron chi connectivity index (χ2n) is 4.85. The Kier molecular flexibility index (Phi) is 5.08. The molecule has 120 valence electrons. The summed E-state index contributed by atoms with van der Waals surface area (Å²) < 4.78 is 12.1. The molecular weight excluding hydrogens is 372 g/mol. The van der Waals surface area contributed by atoms with Gasteiger partial charge in [0.15, 0.2) is 6.61 Å². The van der Waals surface area contributed by atoms with Gasteiger partial charge in [-0.2, -0.15) is 10.2 Å². The molecule has 3 rings (SSSR count). The maximum Gasteiger partial charge on any atom is 0.236 e. The maximum absolute atomic E-state index is 9.17. The van der Waals surface area contributed by atoms with Crippen LogP contribution in [0.4, 0.5) is 5.88 Å². The van der Waals surface area contributed by atoms with Crippen LogP contribution in [0.5, 0.6) is 5.75 Å². The van der Waals surface area contributed by atoms with Crippen molar-refractivity contribution in [2.75, 3.05) is 5.32 Å². The number of hydrogen-bond acceptors (Lipinski definition) is 6. The van der Waals surface area contributed by atoms with Gasteiger partial charge in [-0.3, -0.25) is 4.98 Å². The molecule has 2 aromatic heterocycles. The molecule has 7 heteroatoms. The number of ether oxygens (including phenoxy) is 1. The molecular formula is C17H13BrN4O2. The minimum atomic E-state index is 0.144. The van der Waals surface area contributed by atoms with Gasteiger partial charge >= 0.3 is 0 Å². The Morgan fingerprint density at radius 1 is 1.25 bits per heavy atom. The van der Waals surface area contributed by atoms with E-state index in [0.717, 1.165) is 10.0 Å². The van der Waals surface area contributed by atoms with Crippen molar-refractivity contribution >= 4 is 21.8 Å². The van der Waals surface area contributed by atoms with Gasteiger partial charge < -0.3 is 14.5 Å². The monoisotopic (exact) mass is 384 g/mol. The van der Waals surface area contributed by atoms with Crippen molar-refractivity contribution in [2.45, 2.75) is 13.2 Å². The number of nitrogens with one attached hydrogen (secondary N) is 1. The molecule has 0 atom stereocenters. The third-order valence-corrected chi connectivity index (χ3v) is 3.66. The average Bonchev–Trinajstić information content (AvgIpc) is 3.03. The molecule has 6 nitrogen and oxygen atoms in total. The number of hydrogen-bond donors (Lipinski definition) is 1. The molecule has 24 heavy (non-hydrogen) atoms. The molecule has 0 bridgehead atoms. The number of aromatic nitrogens is 2. The van der Waals surface area contributed by atoms with Crippen molar-refractivity contribution < 1.29 is 9.15 Å². The van der Waals surface area contributed by atoms with Crippen LogP contribution in [0.1, 0.15) is 17.1 Å². The van der Waals surface area contributed by atoms with Crippen LogP contribution in [0.3, 0.4) is 0 Å². The zero-order chi connectivity index (χ0) is 16.8. The van der Waals surface area contributed by atoms with Gasteiger partial charge in [0.25, 0.3) is 0 Å². The topological polar surface area (TPSA) is 84.0 Å². The quantitative estimate of drug-likeness (QED) is 0.693. The number of nitriles is 1. The molecule has 0 radical (unpaired) electrons. The number of halogens is 1. The molecule has 1 N–H and O–H groups in total. The lowest BCUT2D eigenvalue weighted by atomic mass is 10.3. The Bertz CT molecular complexity index is 841. The Labute approximate surface area is 147 Å². The van der Waals surface area contributed by atoms with Crippen LogP contribution in [0.15, 0.2) is 57.7 Å². The Hall–Kier alpha value is -2.85. The maximum atomic E-state index is 9.17. The van der Waals surface area contributed by atoms with Gasteiger partial charge in [0.05, 0.1) is 0 Å². The second kappa shape index (κ2) is 7.62. The molecule has 3 aromatic rings. The van der Waals surface area contributed by atoms with Gasteiger partial charge in [-0.1, -0.05) is 22.0 Å². The first-order valence-electron chi connectivity index (χ1n) is 7.15. The van der Waals surface area contributed by atoms with Crippen molar-refractivity contribution in [1.29, 1.82) is 5.26 Å². The number of benzene rings is 1. The fourth-order valence-corrected chi connectivity index (χ4v) is 2.25. The fraction of sp³-hybridized carbons (Fsp3) is 0.118. The van der Waals surface area contributed by atoms with Crippen molar-refractivity contribution in [2.24, 2.45) is 0 Å². The summed E-state index contributed by atoms with van der Waals surface area (Å²) in [6.45, 7) is 0.635. The molecule has 0 aliphatic heterocycles. The van der Waals surface area contributed by atoms with Gasteiger partial charge in [-0.05, 0) is 35.9 Å². The van der Waals surface area contributed by atoms with Gasteiger partial charge in [-0.15, -0.1) is 0 Å². The summed E-state index contributed by atoms with van der Waals surface area (Å²) >= 11 is 3.36. The second-order valence-corrected chi connectivity index (χ2v) is 5.77. The highest BCUT2D eigenvalue weighted by atomic mass is 79.9. The van der Waals surface area contributed by atoms with Gasteiger partial charge in [-0.25, -0.2) is 0 Å². The van der Waals surface area contributed by atoms with E-state index in [1.54, 1.807) is 12.4 Å². The molecule has 0 amide bonds. The number of anilines is 1. The van der Waals surface area contributed by atoms with Crippen LogP contribution in [0.25, 0.3) is 0 Å². The third-order valence-electron chi connectivity index (χ3n) is 3.13. The summed E-state index contributed by atoms with van der Waals surface area (Å²) in [6, 6.07) is 13.2. The smallest absolute Gasteiger partial charge is 0.236 e. The molecule has 0 fully saturated rings. The van der Waals surface area contributed by atoms with E-state index in [1.165, 1.54) is 0 Å². The van der Waals surface area contributed by atoms with E-state index < -0.39 is 0 Å². The van der Waals surface area contributed by atoms with Crippen LogP contribution < -0.4 is 10.1 Å². The molecule has 0 spiro atoms. The molecule has 0 unspecified atom stereocenters. The molecule has 1 aromatic carbocycles. The lowest BCUT2D eigenvalue weighted by molar-refractivity contribution is 0.264. The van der Waals surface area contributed by atoms with Crippen LogP contribution in [0.2, 0.25) is 0 Å². The lowest BCUT2D eigenvalue weighted by Gasteiger charge is -2.03. The molecule has 0 saturated heterocycles. The standard InChI is InChI=1S/C17H13BrN4O2/c18-13-3-5-14(6-4-13)23-11-16-22-15(8-19)17(24-16)21-10-12-2-1-7-20-9-12/h1-7,9,21H,10-11H2. The third kappa shape index (κ3) is 4.12. The Balaban J connectivity index is 1.64. The summed E-state index contributed by atoms with van der Waals surface area (Å²) in [5, 5.41) is 12.2. The fourth-order valence-electron chi connectivity index (χ4n) is 1.98. The van der Waals surface area contributed by atoms with E-state index in [1.807, 2.05) is 42.5 Å². The predicted octanol–water partition coefficient (Wildman–Crippen LogP) is 3.89. The minimum absolute atomic E-state index is 0.144. The zero-order valence-electron chi connectivity index (χ0n) is 12.6. The van der Waals surface area contributed by atoms with E-state index in [9.17, 15) is 5.26 Å². The highest BCUT2D eigenvalue weighted by Gasteiger charge is 2.13. The van der Waals surface area contributed by atoms with Crippen LogP contribution >= 0.6 is 15.9 Å². The SMILES string of the molecule is N#Cc1nc(COc2ccc(Br)cc2)oc1NCc1cccnc1. The highest BCUT2D eigenvalue weighted by molar-refractivity contribution is 9.10. The normalized spacial score (nSPS) is 10.2. The molecule has 0 aliphatic rings. The van der Waals surface area contributed by atoms with Crippen LogP contribution in [-0.4, -0.2) is 9.97 Å². The predicted molar refractivity (Wildman–Crippen MR) is 91.3 cm³/mol. The highest BCUT2D eigenvalue weighted by Crippen LogP contribution is 2.20. The van der Waals surface area contributed by atoms with E-state index >= 15 is 0 Å². The van der Waals surface area contributed by atoms with E-state index in [2.05, 4.69) is 31.2 Å². The Morgan fingerprint density at radius 3 is 2.79 bits per heavy atom. The molecule has 2 heterocycles. The van der Waals surface area contributed by atoms with E-state index in [4.69, 9.17) is 9.15 Å². The summed E-state index contributed by atoms with van der Waals surface area (Å²) in [7, 11) is 0.